The van der Waals surface area contributed by atoms with Gasteiger partial charge in [-0.25, -0.2) is 18.2 Å². The van der Waals surface area contributed by atoms with Gasteiger partial charge in [-0.3, -0.25) is 24.2 Å². The van der Waals surface area contributed by atoms with Gasteiger partial charge in [0.05, 0.1) is 5.02 Å². The number of alkyl halides is 2. The summed E-state index contributed by atoms with van der Waals surface area (Å²) in [7, 11) is 0. The van der Waals surface area contributed by atoms with E-state index >= 15 is 0 Å². The van der Waals surface area contributed by atoms with Crippen LogP contribution in [0.5, 0.6) is 0 Å². The lowest BCUT2D eigenvalue weighted by Gasteiger charge is -2.39. The van der Waals surface area contributed by atoms with Gasteiger partial charge < -0.3 is 5.32 Å². The van der Waals surface area contributed by atoms with E-state index in [1.807, 2.05) is 0 Å². The molecule has 7 nitrogen and oxygen atoms in total. The first-order valence-electron chi connectivity index (χ1n) is 12.5. The summed E-state index contributed by atoms with van der Waals surface area (Å²) in [6.45, 7) is 0. The van der Waals surface area contributed by atoms with Crippen molar-refractivity contribution in [2.45, 2.75) is 57.2 Å². The molecule has 2 fully saturated rings. The van der Waals surface area contributed by atoms with Crippen molar-refractivity contribution in [2.75, 3.05) is 9.80 Å². The number of halogens is 5. The molecule has 12 heteroatoms. The van der Waals surface area contributed by atoms with Gasteiger partial charge in [-0.1, -0.05) is 54.9 Å². The van der Waals surface area contributed by atoms with Crippen molar-refractivity contribution < 1.29 is 27.6 Å². The number of hydrogen-bond acceptors (Lipinski definition) is 4. The molecule has 3 aromatic rings. The van der Waals surface area contributed by atoms with Gasteiger partial charge in [-0.15, -0.1) is 0 Å². The molecule has 1 saturated carbocycles. The average molecular weight is 607 g/mol. The maximum Gasteiger partial charge on any atom is 0.252 e. The first-order chi connectivity index (χ1) is 19.0. The number of benzene rings is 2. The number of carbonyl (C=O) groups excluding carboxylic acids is 3. The Labute approximate surface area is 245 Å². The Morgan fingerprint density at radius 2 is 1.80 bits per heavy atom. The molecule has 0 bridgehead atoms. The number of carbonyl (C=O) groups is 3. The number of aromatic nitrogens is 1. The number of pyridine rings is 1. The van der Waals surface area contributed by atoms with Crippen molar-refractivity contribution >= 4 is 52.4 Å². The van der Waals surface area contributed by atoms with Gasteiger partial charge >= 0.3 is 0 Å². The molecule has 1 saturated heterocycles. The van der Waals surface area contributed by atoms with E-state index in [-0.39, 0.29) is 48.3 Å². The van der Waals surface area contributed by atoms with Gasteiger partial charge in [-0.2, -0.15) is 0 Å². The smallest absolute Gasteiger partial charge is 0.252 e. The number of amides is 3. The molecular formula is C29H27Cl2F3N4O3. The van der Waals surface area contributed by atoms with E-state index in [0.717, 1.165) is 11.0 Å². The molecule has 1 aliphatic heterocycles. The molecule has 1 aliphatic carbocycles. The average Bonchev–Trinajstić information content (AvgIpc) is 3.28. The topological polar surface area (TPSA) is 82.6 Å². The van der Waals surface area contributed by atoms with Crippen molar-refractivity contribution in [3.05, 3.63) is 88.3 Å². The van der Waals surface area contributed by atoms with Crippen molar-refractivity contribution in [1.82, 2.24) is 10.3 Å². The molecule has 0 radical (unpaired) electrons. The molecule has 2 atom stereocenters. The Bertz CT molecular complexity index is 1450. The molecule has 2 heterocycles. The lowest BCUT2D eigenvalue weighted by molar-refractivity contribution is -0.133. The Balaban J connectivity index is 0.00000387. The van der Waals surface area contributed by atoms with Crippen molar-refractivity contribution in [1.29, 1.82) is 0 Å². The second kappa shape index (κ2) is 12.1. The number of nitrogens with one attached hydrogen (secondary N) is 1. The van der Waals surface area contributed by atoms with E-state index in [0.29, 0.717) is 5.02 Å². The van der Waals surface area contributed by atoms with E-state index < -0.39 is 54.5 Å². The third kappa shape index (κ3) is 6.33. The van der Waals surface area contributed by atoms with E-state index in [2.05, 4.69) is 10.3 Å². The number of nitrogens with zero attached hydrogens (tertiary/aromatic N) is 3. The van der Waals surface area contributed by atoms with Crippen LogP contribution in [-0.4, -0.2) is 40.7 Å². The number of anilines is 2. The van der Waals surface area contributed by atoms with Crippen molar-refractivity contribution in [2.24, 2.45) is 0 Å². The molecule has 5 rings (SSSR count). The summed E-state index contributed by atoms with van der Waals surface area (Å²) < 4.78 is 41.6. The minimum absolute atomic E-state index is 0. The monoisotopic (exact) mass is 606 g/mol. The largest absolute Gasteiger partial charge is 0.351 e. The normalized spacial score (nSPS) is 18.7. The molecular weight excluding hydrogens is 580 g/mol. The lowest BCUT2D eigenvalue weighted by atomic mass is 9.87. The SMILES string of the molecule is C.O=C(NC1CC(F)(F)C1)[C@H](c1ccccc1Cl)N(C(=O)[C@@H]1CCC(=O)N1c1ccc(Cl)cn1)c1cccc(F)c1. The highest BCUT2D eigenvalue weighted by atomic mass is 35.5. The van der Waals surface area contributed by atoms with Gasteiger partial charge in [0.25, 0.3) is 11.8 Å². The summed E-state index contributed by atoms with van der Waals surface area (Å²) >= 11 is 12.4. The fraction of sp³-hybridized carbons (Fsp3) is 0.310. The quantitative estimate of drug-likeness (QED) is 0.340. The summed E-state index contributed by atoms with van der Waals surface area (Å²) in [5, 5.41) is 3.06. The second-order valence-corrected chi connectivity index (χ2v) is 10.6. The second-order valence-electron chi connectivity index (χ2n) is 9.73. The van der Waals surface area contributed by atoms with E-state index in [1.54, 1.807) is 12.1 Å². The van der Waals surface area contributed by atoms with Crippen molar-refractivity contribution in [3.63, 3.8) is 0 Å². The van der Waals surface area contributed by atoms with Crippen LogP contribution in [0.2, 0.25) is 10.0 Å². The maximum atomic E-state index is 14.5. The molecule has 216 valence electrons. The minimum atomic E-state index is -2.90. The molecule has 2 aliphatic rings. The van der Waals surface area contributed by atoms with E-state index in [1.165, 1.54) is 53.6 Å². The van der Waals surface area contributed by atoms with Crippen LogP contribution < -0.4 is 15.1 Å². The summed E-state index contributed by atoms with van der Waals surface area (Å²) in [5.74, 6) is -5.24. The van der Waals surface area contributed by atoms with E-state index in [4.69, 9.17) is 23.2 Å². The number of rotatable bonds is 7. The first-order valence-corrected chi connectivity index (χ1v) is 13.2. The molecule has 0 spiro atoms. The third-order valence-corrected chi connectivity index (χ3v) is 7.49. The summed E-state index contributed by atoms with van der Waals surface area (Å²) in [5.41, 5.74) is 0.221. The molecule has 41 heavy (non-hydrogen) atoms. The summed E-state index contributed by atoms with van der Waals surface area (Å²) in [4.78, 5) is 47.5. The fourth-order valence-electron chi connectivity index (χ4n) is 5.04. The fourth-order valence-corrected chi connectivity index (χ4v) is 5.39. The zero-order valence-electron chi connectivity index (χ0n) is 20.9. The van der Waals surface area contributed by atoms with Gasteiger partial charge in [0.15, 0.2) is 0 Å². The maximum absolute atomic E-state index is 14.5. The Hall–Kier alpha value is -3.63. The van der Waals surface area contributed by atoms with Crippen molar-refractivity contribution in [3.8, 4) is 0 Å². The van der Waals surface area contributed by atoms with Crippen LogP contribution in [0.4, 0.5) is 24.7 Å². The highest BCUT2D eigenvalue weighted by Gasteiger charge is 2.48. The summed E-state index contributed by atoms with van der Waals surface area (Å²) in [6, 6.07) is 11.0. The predicted octanol–water partition coefficient (Wildman–Crippen LogP) is 6.35. The number of hydrogen-bond donors (Lipinski definition) is 1. The zero-order valence-corrected chi connectivity index (χ0v) is 22.4. The summed E-state index contributed by atoms with van der Waals surface area (Å²) in [6.07, 6.45) is 0.365. The van der Waals surface area contributed by atoms with Crippen LogP contribution >= 0.6 is 23.2 Å². The van der Waals surface area contributed by atoms with Crippen LogP contribution in [0.15, 0.2) is 66.9 Å². The standard InChI is InChI=1S/C28H23Cl2F3N4O3.CH4/c29-16-8-10-23(34-15-16)37-22(9-11-24(37)38)27(40)36(19-5-3-4-17(31)12-19)25(20-6-1-2-7-21(20)30)26(39)35-18-13-28(32,33)14-18;/h1-8,10,12,15,18,22,25H,9,11,13-14H2,(H,35,39);1H4/t22-,25-;/m0./s1. The zero-order chi connectivity index (χ0) is 28.6. The van der Waals surface area contributed by atoms with Crippen LogP contribution in [0, 0.1) is 5.82 Å². The molecule has 0 unspecified atom stereocenters. The highest BCUT2D eigenvalue weighted by molar-refractivity contribution is 6.32. The van der Waals surface area contributed by atoms with E-state index in [9.17, 15) is 27.6 Å². The van der Waals surface area contributed by atoms with Gasteiger partial charge in [0, 0.05) is 47.8 Å². The Morgan fingerprint density at radius 1 is 1.07 bits per heavy atom. The predicted molar refractivity (Wildman–Crippen MR) is 151 cm³/mol. The molecule has 1 aromatic heterocycles. The molecule has 1 N–H and O–H groups in total. The van der Waals surface area contributed by atoms with Crippen LogP contribution in [0.1, 0.15) is 44.7 Å². The minimum Gasteiger partial charge on any atom is -0.351 e. The van der Waals surface area contributed by atoms with Gasteiger partial charge in [0.2, 0.25) is 11.8 Å². The lowest BCUT2D eigenvalue weighted by Crippen LogP contribution is -2.56. The Kier molecular flexibility index (Phi) is 8.94. The van der Waals surface area contributed by atoms with Crippen LogP contribution in [-0.2, 0) is 14.4 Å². The first kappa shape index (κ1) is 30.3. The highest BCUT2D eigenvalue weighted by Crippen LogP contribution is 2.39. The van der Waals surface area contributed by atoms with Crippen LogP contribution in [0.3, 0.4) is 0 Å². The van der Waals surface area contributed by atoms with Gasteiger partial charge in [0.1, 0.15) is 23.7 Å². The molecule has 3 amide bonds. The molecule has 2 aromatic carbocycles. The Morgan fingerprint density at radius 3 is 2.44 bits per heavy atom. The van der Waals surface area contributed by atoms with Crippen LogP contribution in [0.25, 0.3) is 0 Å². The third-order valence-electron chi connectivity index (χ3n) is 6.92. The van der Waals surface area contributed by atoms with Gasteiger partial charge in [-0.05, 0) is 42.8 Å².